The summed E-state index contributed by atoms with van der Waals surface area (Å²) < 4.78 is 2.29. The van der Waals surface area contributed by atoms with Crippen molar-refractivity contribution in [1.29, 1.82) is 5.26 Å². The van der Waals surface area contributed by atoms with Crippen LogP contribution in [0.4, 0.5) is 0 Å². The lowest BCUT2D eigenvalue weighted by Crippen LogP contribution is -2.43. The van der Waals surface area contributed by atoms with E-state index in [1.54, 1.807) is 0 Å². The number of hydrogen-bond donors (Lipinski definition) is 1. The molecule has 0 saturated heterocycles. The molecule has 4 heteroatoms. The zero-order chi connectivity index (χ0) is 13.5. The van der Waals surface area contributed by atoms with E-state index >= 15 is 0 Å². The van der Waals surface area contributed by atoms with E-state index in [0.717, 1.165) is 25.1 Å². The molecule has 3 rings (SSSR count). The van der Waals surface area contributed by atoms with Crippen LogP contribution < -0.4 is 5.32 Å². The van der Waals surface area contributed by atoms with E-state index in [-0.39, 0.29) is 5.54 Å². The van der Waals surface area contributed by atoms with Crippen molar-refractivity contribution in [2.75, 3.05) is 0 Å². The minimum absolute atomic E-state index is 0.301. The van der Waals surface area contributed by atoms with Crippen LogP contribution in [0.3, 0.4) is 0 Å². The van der Waals surface area contributed by atoms with Gasteiger partial charge in [-0.3, -0.25) is 5.32 Å². The number of aromatic nitrogens is 2. The topological polar surface area (TPSA) is 53.6 Å². The maximum absolute atomic E-state index is 9.55. The first-order valence-corrected chi connectivity index (χ1v) is 7.35. The molecule has 0 radical (unpaired) electrons. The Labute approximate surface area is 114 Å². The molecule has 2 unspecified atom stereocenters. The molecule has 0 amide bonds. The first-order chi connectivity index (χ1) is 9.13. The largest absolute Gasteiger partial charge is 0.332 e. The molecule has 2 aliphatic carbocycles. The molecule has 2 aliphatic rings. The third-order valence-corrected chi connectivity index (χ3v) is 4.37. The second-order valence-corrected chi connectivity index (χ2v) is 6.36. The molecule has 0 aromatic carbocycles. The van der Waals surface area contributed by atoms with Gasteiger partial charge in [-0.2, -0.15) is 5.26 Å². The molecule has 4 nitrogen and oxygen atoms in total. The molecule has 0 spiro atoms. The summed E-state index contributed by atoms with van der Waals surface area (Å²) >= 11 is 0. The average molecular weight is 258 g/mol. The van der Waals surface area contributed by atoms with Gasteiger partial charge < -0.3 is 4.57 Å². The maximum Gasteiger partial charge on any atom is 0.111 e. The third kappa shape index (κ3) is 2.40. The lowest BCUT2D eigenvalue weighted by Gasteiger charge is -2.23. The van der Waals surface area contributed by atoms with Crippen molar-refractivity contribution in [3.63, 3.8) is 0 Å². The maximum atomic E-state index is 9.55. The van der Waals surface area contributed by atoms with E-state index in [4.69, 9.17) is 0 Å². The summed E-state index contributed by atoms with van der Waals surface area (Å²) in [5.74, 6) is 1.58. The van der Waals surface area contributed by atoms with E-state index in [1.807, 2.05) is 6.20 Å². The Kier molecular flexibility index (Phi) is 3.10. The van der Waals surface area contributed by atoms with Crippen LogP contribution in [0.2, 0.25) is 0 Å². The van der Waals surface area contributed by atoms with Gasteiger partial charge in [0.2, 0.25) is 0 Å². The molecular formula is C15H22N4. The fourth-order valence-electron chi connectivity index (χ4n) is 3.22. The number of nitrogens with one attached hydrogen (secondary N) is 1. The third-order valence-electron chi connectivity index (χ3n) is 4.37. The highest BCUT2D eigenvalue weighted by Gasteiger charge is 2.43. The fourth-order valence-corrected chi connectivity index (χ4v) is 3.22. The summed E-state index contributed by atoms with van der Waals surface area (Å²) in [6.45, 7) is 4.35. The van der Waals surface area contributed by atoms with Crippen molar-refractivity contribution in [2.24, 2.45) is 0 Å². The molecule has 0 aliphatic heterocycles. The highest BCUT2D eigenvalue weighted by atomic mass is 15.1. The van der Waals surface area contributed by atoms with E-state index in [1.165, 1.54) is 12.8 Å². The predicted octanol–water partition coefficient (Wildman–Crippen LogP) is 2.75. The molecule has 1 aromatic rings. The predicted molar refractivity (Wildman–Crippen MR) is 73.7 cm³/mol. The number of nitrogens with zero attached hydrogens (tertiary/aromatic N) is 3. The number of nitriles is 1. The summed E-state index contributed by atoms with van der Waals surface area (Å²) in [4.78, 5) is 4.47. The van der Waals surface area contributed by atoms with Gasteiger partial charge in [0, 0.05) is 30.4 Å². The molecule has 2 saturated carbocycles. The first-order valence-electron chi connectivity index (χ1n) is 7.35. The van der Waals surface area contributed by atoms with Crippen LogP contribution in [-0.2, 0) is 0 Å². The zero-order valence-electron chi connectivity index (χ0n) is 11.8. The van der Waals surface area contributed by atoms with Crippen molar-refractivity contribution in [3.05, 3.63) is 18.2 Å². The molecule has 19 heavy (non-hydrogen) atoms. The second kappa shape index (κ2) is 4.64. The molecule has 1 N–H and O–H groups in total. The molecular weight excluding hydrogens is 236 g/mol. The van der Waals surface area contributed by atoms with Crippen LogP contribution >= 0.6 is 0 Å². The van der Waals surface area contributed by atoms with E-state index in [2.05, 4.69) is 41.0 Å². The first kappa shape index (κ1) is 12.7. The van der Waals surface area contributed by atoms with Crippen LogP contribution in [0, 0.1) is 11.3 Å². The van der Waals surface area contributed by atoms with E-state index in [9.17, 15) is 5.26 Å². The van der Waals surface area contributed by atoms with Gasteiger partial charge >= 0.3 is 0 Å². The minimum atomic E-state index is -0.301. The van der Waals surface area contributed by atoms with Crippen LogP contribution in [-0.4, -0.2) is 21.1 Å². The van der Waals surface area contributed by atoms with E-state index < -0.39 is 0 Å². The summed E-state index contributed by atoms with van der Waals surface area (Å²) in [6.07, 6.45) is 9.37. The quantitative estimate of drug-likeness (QED) is 0.903. The molecule has 2 atom stereocenters. The van der Waals surface area contributed by atoms with Gasteiger partial charge in [0.05, 0.1) is 6.07 Å². The highest BCUT2D eigenvalue weighted by molar-refractivity contribution is 5.16. The normalized spacial score (nSPS) is 30.7. The van der Waals surface area contributed by atoms with Crippen molar-refractivity contribution < 1.29 is 0 Å². The summed E-state index contributed by atoms with van der Waals surface area (Å²) in [5, 5.41) is 13.1. The van der Waals surface area contributed by atoms with Crippen LogP contribution in [0.15, 0.2) is 12.4 Å². The molecule has 1 heterocycles. The van der Waals surface area contributed by atoms with Crippen LogP contribution in [0.5, 0.6) is 0 Å². The molecule has 102 valence electrons. The lowest BCUT2D eigenvalue weighted by molar-refractivity contribution is 0.392. The molecule has 2 fully saturated rings. The van der Waals surface area contributed by atoms with Gasteiger partial charge in [0.15, 0.2) is 0 Å². The molecule has 0 bridgehead atoms. The Morgan fingerprint density at radius 1 is 1.47 bits per heavy atom. The Hall–Kier alpha value is -1.34. The number of imidazole rings is 1. The van der Waals surface area contributed by atoms with Gasteiger partial charge in [0.25, 0.3) is 0 Å². The Morgan fingerprint density at radius 3 is 2.89 bits per heavy atom. The Bertz CT molecular complexity index is 494. The van der Waals surface area contributed by atoms with Crippen LogP contribution in [0.1, 0.15) is 63.7 Å². The van der Waals surface area contributed by atoms with Crippen molar-refractivity contribution >= 4 is 0 Å². The van der Waals surface area contributed by atoms with Gasteiger partial charge in [-0.1, -0.05) is 13.8 Å². The molecule has 1 aromatic heterocycles. The van der Waals surface area contributed by atoms with Gasteiger partial charge in [-0.25, -0.2) is 4.98 Å². The van der Waals surface area contributed by atoms with Gasteiger partial charge in [0.1, 0.15) is 11.4 Å². The van der Waals surface area contributed by atoms with E-state index in [0.29, 0.717) is 18.0 Å². The van der Waals surface area contributed by atoms with Crippen LogP contribution in [0.25, 0.3) is 0 Å². The number of hydrogen-bond acceptors (Lipinski definition) is 3. The standard InChI is InChI=1S/C15H22N4/c1-11(2)14-17-7-8-19(14)13-5-6-15(9-13,10-16)18-12-3-4-12/h7-8,11-13,18H,3-6,9H2,1-2H3. The second-order valence-electron chi connectivity index (χ2n) is 6.36. The fraction of sp³-hybridized carbons (Fsp3) is 0.733. The van der Waals surface area contributed by atoms with Gasteiger partial charge in [-0.15, -0.1) is 0 Å². The Balaban J connectivity index is 1.77. The smallest absolute Gasteiger partial charge is 0.111 e. The van der Waals surface area contributed by atoms with Crippen molar-refractivity contribution in [2.45, 2.75) is 69.5 Å². The summed E-state index contributed by atoms with van der Waals surface area (Å²) in [7, 11) is 0. The SMILES string of the molecule is CC(C)c1nccn1C1CCC(C#N)(NC2CC2)C1. The monoisotopic (exact) mass is 258 g/mol. The van der Waals surface area contributed by atoms with Crippen molar-refractivity contribution in [1.82, 2.24) is 14.9 Å². The minimum Gasteiger partial charge on any atom is -0.332 e. The van der Waals surface area contributed by atoms with Crippen molar-refractivity contribution in [3.8, 4) is 6.07 Å². The summed E-state index contributed by atoms with van der Waals surface area (Å²) in [6, 6.07) is 3.56. The lowest BCUT2D eigenvalue weighted by atomic mass is 9.99. The summed E-state index contributed by atoms with van der Waals surface area (Å²) in [5.41, 5.74) is -0.301. The highest BCUT2D eigenvalue weighted by Crippen LogP contribution is 2.40. The Morgan fingerprint density at radius 2 is 2.26 bits per heavy atom. The van der Waals surface area contributed by atoms with Gasteiger partial charge in [-0.05, 0) is 32.1 Å². The number of rotatable bonds is 4. The average Bonchev–Trinajstić information content (AvgIpc) is 2.93. The zero-order valence-corrected chi connectivity index (χ0v) is 11.8.